The van der Waals surface area contributed by atoms with Gasteiger partial charge in [-0.1, -0.05) is 23.7 Å². The second-order valence-electron chi connectivity index (χ2n) is 8.04. The molecule has 0 amide bonds. The number of anilines is 2. The number of fused-ring (bicyclic) bond motifs is 1. The minimum Gasteiger partial charge on any atom is -0.390 e. The number of benzene rings is 2. The van der Waals surface area contributed by atoms with Crippen molar-refractivity contribution < 1.29 is 9.50 Å². The monoisotopic (exact) mass is 457 g/mol. The molecule has 1 aliphatic heterocycles. The Morgan fingerprint density at radius 3 is 2.69 bits per heavy atom. The van der Waals surface area contributed by atoms with Gasteiger partial charge in [-0.3, -0.25) is 9.88 Å². The number of halogens is 2. The third kappa shape index (κ3) is 5.86. The van der Waals surface area contributed by atoms with Crippen LogP contribution in [-0.2, 0) is 0 Å². The topological polar surface area (TPSA) is 63.7 Å². The Balaban J connectivity index is 1.14. The maximum absolute atomic E-state index is 14.0. The zero-order valence-corrected chi connectivity index (χ0v) is 18.7. The van der Waals surface area contributed by atoms with Crippen molar-refractivity contribution >= 4 is 33.9 Å². The average Bonchev–Trinajstić information content (AvgIpc) is 2.79. The molecular formula is C24H29ClFN5O. The number of para-hydroxylation sites is 1. The molecule has 2 heterocycles. The van der Waals surface area contributed by atoms with Gasteiger partial charge < -0.3 is 20.6 Å². The van der Waals surface area contributed by atoms with Crippen LogP contribution in [0.15, 0.2) is 54.7 Å². The number of nitrogens with zero attached hydrogens (tertiary/aromatic N) is 3. The van der Waals surface area contributed by atoms with E-state index in [4.69, 9.17) is 11.6 Å². The van der Waals surface area contributed by atoms with Crippen molar-refractivity contribution in [2.45, 2.75) is 6.10 Å². The molecule has 0 saturated carbocycles. The first kappa shape index (κ1) is 22.7. The van der Waals surface area contributed by atoms with Gasteiger partial charge in [0.15, 0.2) is 0 Å². The van der Waals surface area contributed by atoms with E-state index in [0.29, 0.717) is 23.8 Å². The Hall–Kier alpha value is -2.45. The molecule has 1 aromatic heterocycles. The summed E-state index contributed by atoms with van der Waals surface area (Å²) < 4.78 is 14.0. The Labute approximate surface area is 193 Å². The van der Waals surface area contributed by atoms with Crippen LogP contribution in [0.5, 0.6) is 0 Å². The van der Waals surface area contributed by atoms with Crippen LogP contribution in [0, 0.1) is 5.82 Å². The molecule has 0 radical (unpaired) electrons. The van der Waals surface area contributed by atoms with E-state index in [1.165, 1.54) is 6.07 Å². The van der Waals surface area contributed by atoms with Crippen LogP contribution in [-0.4, -0.2) is 73.5 Å². The number of aromatic nitrogens is 1. The van der Waals surface area contributed by atoms with Crippen LogP contribution in [0.1, 0.15) is 0 Å². The SMILES string of the molecule is O[C@@H](CNCCNc1ccnc2cc(Cl)ccc12)CN1CCN(c2ccccc2F)CC1. The zero-order valence-electron chi connectivity index (χ0n) is 18.0. The first-order valence-corrected chi connectivity index (χ1v) is 11.4. The molecule has 170 valence electrons. The second kappa shape index (κ2) is 10.9. The Bertz CT molecular complexity index is 1030. The lowest BCUT2D eigenvalue weighted by Gasteiger charge is -2.37. The van der Waals surface area contributed by atoms with Crippen LogP contribution in [0.4, 0.5) is 15.8 Å². The number of rotatable bonds is 9. The normalized spacial score (nSPS) is 15.8. The number of piperazine rings is 1. The van der Waals surface area contributed by atoms with E-state index >= 15 is 0 Å². The summed E-state index contributed by atoms with van der Waals surface area (Å²) in [6.45, 7) is 5.75. The smallest absolute Gasteiger partial charge is 0.146 e. The molecule has 8 heteroatoms. The standard InChI is InChI=1S/C24H29ClFN5O/c25-18-5-6-20-22(7-8-28-23(20)15-18)29-10-9-27-16-19(32)17-30-11-13-31(14-12-30)24-4-2-1-3-21(24)26/h1-8,15,19,27,32H,9-14,16-17H2,(H,28,29)/t19-/m0/s1. The molecule has 4 rings (SSSR count). The molecule has 3 aromatic rings. The highest BCUT2D eigenvalue weighted by atomic mass is 35.5. The van der Waals surface area contributed by atoms with Gasteiger partial charge >= 0.3 is 0 Å². The highest BCUT2D eigenvalue weighted by Crippen LogP contribution is 2.24. The molecule has 1 atom stereocenters. The summed E-state index contributed by atoms with van der Waals surface area (Å²) in [6, 6.07) is 14.5. The second-order valence-corrected chi connectivity index (χ2v) is 8.48. The Morgan fingerprint density at radius 2 is 1.88 bits per heavy atom. The van der Waals surface area contributed by atoms with Gasteiger partial charge in [0.05, 0.1) is 17.3 Å². The fraction of sp³-hybridized carbons (Fsp3) is 0.375. The van der Waals surface area contributed by atoms with Gasteiger partial charge in [0, 0.05) is 74.7 Å². The van der Waals surface area contributed by atoms with Crippen LogP contribution < -0.4 is 15.5 Å². The zero-order chi connectivity index (χ0) is 22.3. The molecule has 2 aromatic carbocycles. The van der Waals surface area contributed by atoms with E-state index < -0.39 is 6.10 Å². The summed E-state index contributed by atoms with van der Waals surface area (Å²) >= 11 is 6.04. The largest absolute Gasteiger partial charge is 0.390 e. The third-order valence-electron chi connectivity index (χ3n) is 5.74. The molecule has 1 fully saturated rings. The number of nitrogens with one attached hydrogen (secondary N) is 2. The number of aliphatic hydroxyl groups is 1. The van der Waals surface area contributed by atoms with E-state index in [1.54, 1.807) is 12.3 Å². The van der Waals surface area contributed by atoms with Crippen LogP contribution in [0.3, 0.4) is 0 Å². The summed E-state index contributed by atoms with van der Waals surface area (Å²) in [5.74, 6) is -0.178. The number of hydrogen-bond donors (Lipinski definition) is 3. The average molecular weight is 458 g/mol. The highest BCUT2D eigenvalue weighted by Gasteiger charge is 2.20. The number of pyridine rings is 1. The quantitative estimate of drug-likeness (QED) is 0.429. The minimum absolute atomic E-state index is 0.178. The number of β-amino-alcohol motifs (C(OH)–C–C–N with tert-alkyl or cyclic N) is 1. The predicted octanol–water partition coefficient (Wildman–Crippen LogP) is 3.21. The fourth-order valence-corrected chi connectivity index (χ4v) is 4.24. The summed E-state index contributed by atoms with van der Waals surface area (Å²) in [4.78, 5) is 8.65. The third-order valence-corrected chi connectivity index (χ3v) is 5.97. The van der Waals surface area contributed by atoms with Gasteiger partial charge in [-0.2, -0.15) is 0 Å². The number of hydrogen-bond acceptors (Lipinski definition) is 6. The summed E-state index contributed by atoms with van der Waals surface area (Å²) in [5.41, 5.74) is 2.54. The molecule has 32 heavy (non-hydrogen) atoms. The van der Waals surface area contributed by atoms with E-state index in [1.807, 2.05) is 36.4 Å². The van der Waals surface area contributed by atoms with Crippen molar-refractivity contribution in [2.75, 3.05) is 62.6 Å². The molecule has 6 nitrogen and oxygen atoms in total. The Morgan fingerprint density at radius 1 is 1.06 bits per heavy atom. The molecule has 1 aliphatic rings. The maximum Gasteiger partial charge on any atom is 0.146 e. The van der Waals surface area contributed by atoms with E-state index in [0.717, 1.165) is 55.9 Å². The number of aliphatic hydroxyl groups excluding tert-OH is 1. The molecular weight excluding hydrogens is 429 g/mol. The van der Waals surface area contributed by atoms with Crippen LogP contribution >= 0.6 is 11.6 Å². The van der Waals surface area contributed by atoms with Crippen molar-refractivity contribution in [3.8, 4) is 0 Å². The molecule has 0 unspecified atom stereocenters. The first-order chi connectivity index (χ1) is 15.6. The lowest BCUT2D eigenvalue weighted by molar-refractivity contribution is 0.108. The molecule has 0 aliphatic carbocycles. The summed E-state index contributed by atoms with van der Waals surface area (Å²) in [7, 11) is 0. The summed E-state index contributed by atoms with van der Waals surface area (Å²) in [6.07, 6.45) is 1.32. The fourth-order valence-electron chi connectivity index (χ4n) is 4.07. The van der Waals surface area contributed by atoms with Crippen LogP contribution in [0.25, 0.3) is 10.9 Å². The van der Waals surface area contributed by atoms with Crippen LogP contribution in [0.2, 0.25) is 5.02 Å². The van der Waals surface area contributed by atoms with Crippen molar-refractivity contribution in [2.24, 2.45) is 0 Å². The van der Waals surface area contributed by atoms with Crippen molar-refractivity contribution in [3.63, 3.8) is 0 Å². The van der Waals surface area contributed by atoms with E-state index in [2.05, 4.69) is 25.4 Å². The van der Waals surface area contributed by atoms with Crippen molar-refractivity contribution in [3.05, 3.63) is 65.6 Å². The lowest BCUT2D eigenvalue weighted by atomic mass is 10.2. The lowest BCUT2D eigenvalue weighted by Crippen LogP contribution is -2.50. The minimum atomic E-state index is -0.445. The van der Waals surface area contributed by atoms with Gasteiger partial charge in [0.25, 0.3) is 0 Å². The van der Waals surface area contributed by atoms with Crippen molar-refractivity contribution in [1.82, 2.24) is 15.2 Å². The first-order valence-electron chi connectivity index (χ1n) is 11.0. The van der Waals surface area contributed by atoms with E-state index in [9.17, 15) is 9.50 Å². The Kier molecular flexibility index (Phi) is 7.76. The van der Waals surface area contributed by atoms with Gasteiger partial charge in [0.2, 0.25) is 0 Å². The van der Waals surface area contributed by atoms with Gasteiger partial charge in [0.1, 0.15) is 5.82 Å². The van der Waals surface area contributed by atoms with Gasteiger partial charge in [-0.15, -0.1) is 0 Å². The van der Waals surface area contributed by atoms with Gasteiger partial charge in [-0.25, -0.2) is 4.39 Å². The highest BCUT2D eigenvalue weighted by molar-refractivity contribution is 6.31. The summed E-state index contributed by atoms with van der Waals surface area (Å²) in [5, 5.41) is 18.8. The molecule has 0 spiro atoms. The van der Waals surface area contributed by atoms with E-state index in [-0.39, 0.29) is 5.82 Å². The molecule has 3 N–H and O–H groups in total. The predicted molar refractivity (Wildman–Crippen MR) is 129 cm³/mol. The van der Waals surface area contributed by atoms with Crippen molar-refractivity contribution in [1.29, 1.82) is 0 Å². The van der Waals surface area contributed by atoms with Gasteiger partial charge in [-0.05, 0) is 36.4 Å². The maximum atomic E-state index is 14.0. The molecule has 1 saturated heterocycles. The molecule has 0 bridgehead atoms.